The van der Waals surface area contributed by atoms with E-state index in [1.54, 1.807) is 4.90 Å². The quantitative estimate of drug-likeness (QED) is 0.767. The Labute approximate surface area is 157 Å². The van der Waals surface area contributed by atoms with Crippen molar-refractivity contribution in [3.63, 3.8) is 0 Å². The van der Waals surface area contributed by atoms with Crippen molar-refractivity contribution in [2.75, 3.05) is 13.1 Å². The zero-order chi connectivity index (χ0) is 19.0. The number of benzene rings is 1. The second kappa shape index (κ2) is 6.86. The van der Waals surface area contributed by atoms with Crippen molar-refractivity contribution in [3.8, 4) is 11.4 Å². The zero-order valence-corrected chi connectivity index (χ0v) is 15.6. The highest BCUT2D eigenvalue weighted by molar-refractivity contribution is 5.75. The Kier molecular flexibility index (Phi) is 4.39. The third kappa shape index (κ3) is 3.42. The van der Waals surface area contributed by atoms with Gasteiger partial charge in [0.25, 0.3) is 0 Å². The largest absolute Gasteiger partial charge is 0.337 e. The van der Waals surface area contributed by atoms with E-state index in [0.29, 0.717) is 24.8 Å². The standard InChI is InChI=1S/C19H22N6O2/c1-12-9-13(2)25(22-12)16-10-24(11-16)19(26)20-14(3)18-21-17(23-27-18)15-7-5-4-6-8-15/h4-9,14,16H,10-11H2,1-3H3,(H,20,26). The Morgan fingerprint density at radius 1 is 1.26 bits per heavy atom. The van der Waals surface area contributed by atoms with E-state index in [2.05, 4.69) is 20.6 Å². The van der Waals surface area contributed by atoms with Gasteiger partial charge in [-0.05, 0) is 26.8 Å². The second-order valence-corrected chi connectivity index (χ2v) is 6.92. The molecule has 0 aliphatic carbocycles. The van der Waals surface area contributed by atoms with Gasteiger partial charge in [0.1, 0.15) is 6.04 Å². The first kappa shape index (κ1) is 17.3. The van der Waals surface area contributed by atoms with Crippen molar-refractivity contribution < 1.29 is 9.32 Å². The normalized spacial score (nSPS) is 15.4. The van der Waals surface area contributed by atoms with Gasteiger partial charge >= 0.3 is 6.03 Å². The van der Waals surface area contributed by atoms with E-state index in [4.69, 9.17) is 4.52 Å². The molecular formula is C19H22N6O2. The maximum atomic E-state index is 12.4. The molecule has 1 N–H and O–H groups in total. The molecule has 3 aromatic rings. The van der Waals surface area contributed by atoms with Crippen LogP contribution in [0, 0.1) is 13.8 Å². The minimum atomic E-state index is -0.366. The number of carbonyl (C=O) groups excluding carboxylic acids is 1. The molecule has 0 bridgehead atoms. The van der Waals surface area contributed by atoms with Crippen molar-refractivity contribution in [1.29, 1.82) is 0 Å². The van der Waals surface area contributed by atoms with Crippen LogP contribution in [0.15, 0.2) is 40.9 Å². The lowest BCUT2D eigenvalue weighted by Crippen LogP contribution is -2.54. The number of rotatable bonds is 4. The van der Waals surface area contributed by atoms with Crippen LogP contribution in [0.3, 0.4) is 0 Å². The number of nitrogens with zero attached hydrogens (tertiary/aromatic N) is 5. The van der Waals surface area contributed by atoms with Gasteiger partial charge in [-0.3, -0.25) is 4.68 Å². The minimum absolute atomic E-state index is 0.139. The summed E-state index contributed by atoms with van der Waals surface area (Å²) in [6, 6.07) is 11.4. The van der Waals surface area contributed by atoms with Gasteiger partial charge in [0.2, 0.25) is 11.7 Å². The van der Waals surface area contributed by atoms with Gasteiger partial charge in [-0.25, -0.2) is 4.79 Å². The van der Waals surface area contributed by atoms with Crippen LogP contribution in [0.1, 0.15) is 36.3 Å². The van der Waals surface area contributed by atoms with Crippen molar-refractivity contribution in [2.24, 2.45) is 0 Å². The maximum absolute atomic E-state index is 12.4. The van der Waals surface area contributed by atoms with Gasteiger partial charge in [0, 0.05) is 24.3 Å². The number of urea groups is 1. The van der Waals surface area contributed by atoms with Crippen molar-refractivity contribution >= 4 is 6.03 Å². The van der Waals surface area contributed by atoms with E-state index in [1.807, 2.05) is 61.9 Å². The van der Waals surface area contributed by atoms with E-state index in [1.165, 1.54) is 0 Å². The molecule has 0 saturated carbocycles. The molecule has 2 aromatic heterocycles. The first-order valence-corrected chi connectivity index (χ1v) is 8.98. The summed E-state index contributed by atoms with van der Waals surface area (Å²) in [5.41, 5.74) is 2.99. The molecule has 27 heavy (non-hydrogen) atoms. The van der Waals surface area contributed by atoms with Crippen LogP contribution in [0.4, 0.5) is 4.79 Å². The minimum Gasteiger partial charge on any atom is -0.337 e. The molecule has 140 valence electrons. The summed E-state index contributed by atoms with van der Waals surface area (Å²) in [6.45, 7) is 7.12. The van der Waals surface area contributed by atoms with E-state index in [-0.39, 0.29) is 18.1 Å². The van der Waals surface area contributed by atoms with E-state index >= 15 is 0 Å². The molecule has 1 atom stereocenters. The molecule has 0 radical (unpaired) electrons. The van der Waals surface area contributed by atoms with Crippen molar-refractivity contribution in [1.82, 2.24) is 30.1 Å². The third-order valence-electron chi connectivity index (χ3n) is 4.72. The van der Waals surface area contributed by atoms with Crippen LogP contribution >= 0.6 is 0 Å². The summed E-state index contributed by atoms with van der Waals surface area (Å²) in [7, 11) is 0. The third-order valence-corrected chi connectivity index (χ3v) is 4.72. The van der Waals surface area contributed by atoms with Gasteiger partial charge in [-0.15, -0.1) is 0 Å². The predicted molar refractivity (Wildman–Crippen MR) is 99.0 cm³/mol. The molecule has 1 aliphatic heterocycles. The number of likely N-dealkylation sites (tertiary alicyclic amines) is 1. The Bertz CT molecular complexity index is 942. The van der Waals surface area contributed by atoms with Crippen molar-refractivity contribution in [2.45, 2.75) is 32.9 Å². The summed E-state index contributed by atoms with van der Waals surface area (Å²) in [6.07, 6.45) is 0. The Balaban J connectivity index is 1.34. The van der Waals surface area contributed by atoms with Crippen LogP contribution in [0.2, 0.25) is 0 Å². The average molecular weight is 366 g/mol. The molecule has 8 heteroatoms. The van der Waals surface area contributed by atoms with Crippen LogP contribution in [0.5, 0.6) is 0 Å². The van der Waals surface area contributed by atoms with E-state index < -0.39 is 0 Å². The maximum Gasteiger partial charge on any atom is 0.318 e. The number of amides is 2. The molecule has 1 saturated heterocycles. The molecule has 1 aromatic carbocycles. The fourth-order valence-electron chi connectivity index (χ4n) is 3.25. The Morgan fingerprint density at radius 3 is 2.67 bits per heavy atom. The number of hydrogen-bond donors (Lipinski definition) is 1. The van der Waals surface area contributed by atoms with E-state index in [0.717, 1.165) is 17.0 Å². The van der Waals surface area contributed by atoms with Crippen LogP contribution in [-0.2, 0) is 0 Å². The molecule has 1 fully saturated rings. The Hall–Kier alpha value is -3.16. The van der Waals surface area contributed by atoms with Gasteiger partial charge in [0.15, 0.2) is 0 Å². The van der Waals surface area contributed by atoms with Gasteiger partial charge < -0.3 is 14.7 Å². The fourth-order valence-corrected chi connectivity index (χ4v) is 3.25. The number of aryl methyl sites for hydroxylation is 2. The van der Waals surface area contributed by atoms with Crippen LogP contribution < -0.4 is 5.32 Å². The molecule has 1 aliphatic rings. The smallest absolute Gasteiger partial charge is 0.318 e. The number of carbonyl (C=O) groups is 1. The summed E-state index contributed by atoms with van der Waals surface area (Å²) in [4.78, 5) is 18.6. The van der Waals surface area contributed by atoms with Crippen LogP contribution in [-0.4, -0.2) is 43.9 Å². The predicted octanol–water partition coefficient (Wildman–Crippen LogP) is 2.88. The van der Waals surface area contributed by atoms with E-state index in [9.17, 15) is 4.79 Å². The highest BCUT2D eigenvalue weighted by Crippen LogP contribution is 2.24. The first-order valence-electron chi connectivity index (χ1n) is 8.98. The van der Waals surface area contributed by atoms with Gasteiger partial charge in [-0.1, -0.05) is 35.5 Å². The topological polar surface area (TPSA) is 89.1 Å². The molecule has 3 heterocycles. The van der Waals surface area contributed by atoms with Gasteiger partial charge in [-0.2, -0.15) is 10.1 Å². The highest BCUT2D eigenvalue weighted by Gasteiger charge is 2.34. The SMILES string of the molecule is Cc1cc(C)n(C2CN(C(=O)NC(C)c3nc(-c4ccccc4)no3)C2)n1. The summed E-state index contributed by atoms with van der Waals surface area (Å²) in [5, 5.41) is 11.4. The summed E-state index contributed by atoms with van der Waals surface area (Å²) in [5.74, 6) is 0.901. The summed E-state index contributed by atoms with van der Waals surface area (Å²) < 4.78 is 7.31. The lowest BCUT2D eigenvalue weighted by atomic mass is 10.1. The molecule has 2 amide bonds. The lowest BCUT2D eigenvalue weighted by Gasteiger charge is -2.39. The fraction of sp³-hybridized carbons (Fsp3) is 0.368. The lowest BCUT2D eigenvalue weighted by molar-refractivity contribution is 0.114. The monoisotopic (exact) mass is 366 g/mol. The molecule has 8 nitrogen and oxygen atoms in total. The Morgan fingerprint density at radius 2 is 2.00 bits per heavy atom. The molecule has 0 spiro atoms. The number of hydrogen-bond acceptors (Lipinski definition) is 5. The highest BCUT2D eigenvalue weighted by atomic mass is 16.5. The molecule has 4 rings (SSSR count). The first-order chi connectivity index (χ1) is 13.0. The average Bonchev–Trinajstić information content (AvgIpc) is 3.21. The number of nitrogens with one attached hydrogen (secondary N) is 1. The zero-order valence-electron chi connectivity index (χ0n) is 15.6. The van der Waals surface area contributed by atoms with Crippen LogP contribution in [0.25, 0.3) is 11.4 Å². The van der Waals surface area contributed by atoms with Gasteiger partial charge in [0.05, 0.1) is 11.7 Å². The molecular weight excluding hydrogens is 344 g/mol. The molecule has 1 unspecified atom stereocenters. The van der Waals surface area contributed by atoms with Crippen molar-refractivity contribution in [3.05, 3.63) is 53.7 Å². The number of aromatic nitrogens is 4. The second-order valence-electron chi connectivity index (χ2n) is 6.92. The summed E-state index contributed by atoms with van der Waals surface area (Å²) >= 11 is 0.